The summed E-state index contributed by atoms with van der Waals surface area (Å²) < 4.78 is 0.726. The van der Waals surface area contributed by atoms with Crippen molar-refractivity contribution in [2.75, 3.05) is 6.54 Å². The summed E-state index contributed by atoms with van der Waals surface area (Å²) in [6.45, 7) is 3.01. The van der Waals surface area contributed by atoms with Crippen LogP contribution in [0.15, 0.2) is 0 Å². The van der Waals surface area contributed by atoms with Crippen LogP contribution in [0.1, 0.15) is 58.3 Å². The molecule has 2 rings (SSSR count). The first-order valence-corrected chi connectivity index (χ1v) is 7.80. The summed E-state index contributed by atoms with van der Waals surface area (Å²) in [5.41, 5.74) is 3.49. The zero-order chi connectivity index (χ0) is 12.7. The number of hydrogen-bond acceptors (Lipinski definition) is 2. The molecule has 0 heterocycles. The monoisotopic (exact) mass is 274 g/mol. The van der Waals surface area contributed by atoms with Crippen molar-refractivity contribution < 1.29 is 5.73 Å². The van der Waals surface area contributed by atoms with Gasteiger partial charge in [0.05, 0.1) is 6.54 Å². The lowest BCUT2D eigenvalue weighted by Crippen LogP contribution is -2.48. The molecule has 0 spiro atoms. The first-order chi connectivity index (χ1) is 8.20. The maximum Gasteiger partial charge on any atom is 0.0711 e. The topological polar surface area (TPSA) is 30.9 Å². The Morgan fingerprint density at radius 1 is 1.12 bits per heavy atom. The second kappa shape index (κ2) is 8.22. The summed E-state index contributed by atoms with van der Waals surface area (Å²) in [5.74, 6) is 0. The molecule has 0 aliphatic heterocycles. The molecule has 0 aromatic carbocycles. The smallest absolute Gasteiger partial charge is 0.0711 e. The van der Waals surface area contributed by atoms with Gasteiger partial charge in [0.1, 0.15) is 0 Å². The van der Waals surface area contributed by atoms with E-state index in [4.69, 9.17) is 24.8 Å². The first kappa shape index (κ1) is 15.1. The number of nitrogens with zero attached hydrogens (tertiary/aromatic N) is 1. The van der Waals surface area contributed by atoms with Crippen LogP contribution in [-0.2, 0) is 12.6 Å². The molecule has 2 saturated carbocycles. The quantitative estimate of drug-likeness (QED) is 0.619. The molecule has 0 bridgehead atoms. The van der Waals surface area contributed by atoms with Crippen molar-refractivity contribution in [1.82, 2.24) is 4.90 Å². The average molecular weight is 274 g/mol. The number of thiocarbonyl (C=S) groups is 1. The fourth-order valence-electron chi connectivity index (χ4n) is 2.96. The Kier molecular flexibility index (Phi) is 7.32. The van der Waals surface area contributed by atoms with E-state index < -0.39 is 0 Å². The SMILES string of the molecule is CC[NH3+].S=C([S-])N(C1CCCC1)C1CCCC1. The molecule has 0 aromatic heterocycles. The zero-order valence-electron chi connectivity index (χ0n) is 11.0. The van der Waals surface area contributed by atoms with Gasteiger partial charge in [0, 0.05) is 12.1 Å². The Morgan fingerprint density at radius 2 is 1.41 bits per heavy atom. The van der Waals surface area contributed by atoms with Gasteiger partial charge in [-0.1, -0.05) is 30.0 Å². The van der Waals surface area contributed by atoms with Crippen molar-refractivity contribution in [3.63, 3.8) is 0 Å². The minimum atomic E-state index is 0.683. The second-order valence-corrected chi connectivity index (χ2v) is 6.08. The molecule has 0 unspecified atom stereocenters. The highest BCUT2D eigenvalue weighted by Gasteiger charge is 2.28. The minimum Gasteiger partial charge on any atom is -0.411 e. The van der Waals surface area contributed by atoms with Crippen molar-refractivity contribution in [2.24, 2.45) is 0 Å². The minimum absolute atomic E-state index is 0.683. The highest BCUT2D eigenvalue weighted by atomic mass is 32.1. The van der Waals surface area contributed by atoms with E-state index in [-0.39, 0.29) is 0 Å². The first-order valence-electron chi connectivity index (χ1n) is 6.99. The van der Waals surface area contributed by atoms with E-state index in [1.54, 1.807) is 0 Å². The molecule has 4 heteroatoms. The van der Waals surface area contributed by atoms with Crippen LogP contribution in [0.2, 0.25) is 0 Å². The third kappa shape index (κ3) is 4.68. The van der Waals surface area contributed by atoms with Gasteiger partial charge < -0.3 is 35.5 Å². The van der Waals surface area contributed by atoms with Gasteiger partial charge >= 0.3 is 0 Å². The van der Waals surface area contributed by atoms with Crippen LogP contribution in [0.3, 0.4) is 0 Å². The van der Waals surface area contributed by atoms with E-state index in [1.165, 1.54) is 51.4 Å². The third-order valence-electron chi connectivity index (χ3n) is 3.65. The summed E-state index contributed by atoms with van der Waals surface area (Å²) in [6, 6.07) is 1.37. The second-order valence-electron chi connectivity index (χ2n) is 5.05. The summed E-state index contributed by atoms with van der Waals surface area (Å²) >= 11 is 10.5. The molecule has 17 heavy (non-hydrogen) atoms. The van der Waals surface area contributed by atoms with Gasteiger partial charge in [-0.2, -0.15) is 0 Å². The summed E-state index contributed by atoms with van der Waals surface area (Å²) in [5, 5.41) is 0. The van der Waals surface area contributed by atoms with Crippen LogP contribution in [0.4, 0.5) is 0 Å². The average Bonchev–Trinajstić information content (AvgIpc) is 2.91. The molecule has 2 nitrogen and oxygen atoms in total. The molecule has 0 radical (unpaired) electrons. The van der Waals surface area contributed by atoms with E-state index in [9.17, 15) is 0 Å². The molecule has 2 aliphatic carbocycles. The van der Waals surface area contributed by atoms with Crippen molar-refractivity contribution in [2.45, 2.75) is 70.4 Å². The Labute approximate surface area is 117 Å². The normalized spacial score (nSPS) is 21.1. The molecule has 100 valence electrons. The van der Waals surface area contributed by atoms with Crippen molar-refractivity contribution in [3.05, 3.63) is 0 Å². The Hall–Kier alpha value is 0.0700. The Morgan fingerprint density at radius 3 is 1.65 bits per heavy atom. The van der Waals surface area contributed by atoms with E-state index in [2.05, 4.69) is 10.6 Å². The molecule has 3 N–H and O–H groups in total. The van der Waals surface area contributed by atoms with Crippen LogP contribution in [0.25, 0.3) is 0 Å². The summed E-state index contributed by atoms with van der Waals surface area (Å²) in [4.78, 5) is 2.39. The molecule has 2 aliphatic rings. The lowest BCUT2D eigenvalue weighted by Gasteiger charge is -2.39. The van der Waals surface area contributed by atoms with Gasteiger partial charge in [0.15, 0.2) is 0 Å². The van der Waals surface area contributed by atoms with Crippen LogP contribution in [0, 0.1) is 0 Å². The number of rotatable bonds is 2. The Bertz CT molecular complexity index is 205. The fraction of sp³-hybridized carbons (Fsp3) is 0.923. The lowest BCUT2D eigenvalue weighted by molar-refractivity contribution is -0.361. The summed E-state index contributed by atoms with van der Waals surface area (Å²) in [6.07, 6.45) is 10.7. The highest BCUT2D eigenvalue weighted by molar-refractivity contribution is 8.00. The Balaban J connectivity index is 0.000000437. The maximum atomic E-state index is 5.23. The van der Waals surface area contributed by atoms with Gasteiger partial charge in [0.25, 0.3) is 0 Å². The molecule has 0 saturated heterocycles. The maximum absolute atomic E-state index is 5.23. The van der Waals surface area contributed by atoms with Crippen LogP contribution < -0.4 is 5.73 Å². The molecular weight excluding hydrogens is 248 g/mol. The van der Waals surface area contributed by atoms with Gasteiger partial charge in [-0.15, -0.1) is 0 Å². The molecule has 0 amide bonds. The zero-order valence-corrected chi connectivity index (χ0v) is 12.6. The van der Waals surface area contributed by atoms with Crippen molar-refractivity contribution in [3.8, 4) is 0 Å². The van der Waals surface area contributed by atoms with Gasteiger partial charge in [-0.05, 0) is 32.6 Å². The highest BCUT2D eigenvalue weighted by Crippen LogP contribution is 2.31. The predicted octanol–water partition coefficient (Wildman–Crippen LogP) is 2.25. The van der Waals surface area contributed by atoms with E-state index >= 15 is 0 Å². The van der Waals surface area contributed by atoms with Crippen molar-refractivity contribution in [1.29, 1.82) is 0 Å². The van der Waals surface area contributed by atoms with E-state index in [0.717, 1.165) is 10.9 Å². The standard InChI is InChI=1S/C11H19NS2.C2H7N/c13-11(14)12(9-5-1-2-6-9)10-7-3-4-8-10;1-2-3/h9-10H,1-8H2,(H,13,14);2-3H2,1H3. The molecular formula is C13H26N2S2. The van der Waals surface area contributed by atoms with Gasteiger partial charge in [0.2, 0.25) is 0 Å². The van der Waals surface area contributed by atoms with Crippen LogP contribution >= 0.6 is 12.2 Å². The number of quaternary nitrogens is 1. The van der Waals surface area contributed by atoms with Gasteiger partial charge in [-0.25, -0.2) is 0 Å². The van der Waals surface area contributed by atoms with E-state index in [0.29, 0.717) is 12.1 Å². The van der Waals surface area contributed by atoms with E-state index in [1.807, 2.05) is 6.92 Å². The van der Waals surface area contributed by atoms with Gasteiger partial charge in [-0.3, -0.25) is 0 Å². The molecule has 0 atom stereocenters. The largest absolute Gasteiger partial charge is 0.411 e. The van der Waals surface area contributed by atoms with Crippen molar-refractivity contribution >= 4 is 29.2 Å². The lowest BCUT2D eigenvalue weighted by atomic mass is 10.1. The van der Waals surface area contributed by atoms with Crippen LogP contribution in [-0.4, -0.2) is 27.8 Å². The predicted molar refractivity (Wildman–Crippen MR) is 79.7 cm³/mol. The fourth-order valence-corrected chi connectivity index (χ4v) is 3.56. The molecule has 0 aromatic rings. The number of hydrogen-bond donors (Lipinski definition) is 1. The van der Waals surface area contributed by atoms with Crippen LogP contribution in [0.5, 0.6) is 0 Å². The third-order valence-corrected chi connectivity index (χ3v) is 4.07. The molecule has 2 fully saturated rings. The summed E-state index contributed by atoms with van der Waals surface area (Å²) in [7, 11) is 0.